The average Bonchev–Trinajstić information content (AvgIpc) is 3.16. The van der Waals surface area contributed by atoms with Crippen LogP contribution in [0.3, 0.4) is 0 Å². The number of imidazole rings is 1. The highest BCUT2D eigenvalue weighted by Gasteiger charge is 2.23. The maximum absolute atomic E-state index is 4.68. The van der Waals surface area contributed by atoms with Crippen molar-refractivity contribution in [3.63, 3.8) is 0 Å². The lowest BCUT2D eigenvalue weighted by Crippen LogP contribution is -2.34. The zero-order valence-corrected chi connectivity index (χ0v) is 13.8. The molecule has 3 aromatic rings. The van der Waals surface area contributed by atoms with Gasteiger partial charge < -0.3 is 10.3 Å². The molecule has 8 nitrogen and oxygen atoms in total. The molecule has 1 saturated heterocycles. The van der Waals surface area contributed by atoms with Gasteiger partial charge in [0, 0.05) is 43.4 Å². The topological polar surface area (TPSA) is 95.5 Å². The number of nitrogens with zero attached hydrogens (tertiary/aromatic N) is 6. The summed E-state index contributed by atoms with van der Waals surface area (Å²) in [5.74, 6) is 2.60. The van der Waals surface area contributed by atoms with Crippen molar-refractivity contribution in [3.8, 4) is 0 Å². The van der Waals surface area contributed by atoms with Gasteiger partial charge in [-0.3, -0.25) is 9.88 Å². The van der Waals surface area contributed by atoms with Crippen LogP contribution in [-0.2, 0) is 6.54 Å². The van der Waals surface area contributed by atoms with Crippen LogP contribution in [-0.4, -0.2) is 47.9 Å². The molecule has 2 N–H and O–H groups in total. The van der Waals surface area contributed by atoms with Crippen LogP contribution in [0, 0.1) is 0 Å². The molecule has 0 unspecified atom stereocenters. The first-order valence-electron chi connectivity index (χ1n) is 8.43. The van der Waals surface area contributed by atoms with E-state index in [2.05, 4.69) is 40.1 Å². The third kappa shape index (κ3) is 3.97. The number of likely N-dealkylation sites (tertiary alicyclic amines) is 1. The summed E-state index contributed by atoms with van der Waals surface area (Å²) in [6.07, 6.45) is 12.7. The van der Waals surface area contributed by atoms with E-state index in [0.717, 1.165) is 44.0 Å². The van der Waals surface area contributed by atoms with Gasteiger partial charge in [-0.2, -0.15) is 0 Å². The van der Waals surface area contributed by atoms with E-state index in [1.54, 1.807) is 31.0 Å². The van der Waals surface area contributed by atoms with Crippen LogP contribution in [0.2, 0.25) is 0 Å². The third-order valence-corrected chi connectivity index (χ3v) is 4.33. The predicted octanol–water partition coefficient (Wildman–Crippen LogP) is 2.11. The molecule has 3 aromatic heterocycles. The Balaban J connectivity index is 1.44. The summed E-state index contributed by atoms with van der Waals surface area (Å²) in [7, 11) is 0. The monoisotopic (exact) mass is 336 g/mol. The Labute approximate surface area is 145 Å². The number of H-pyrrole nitrogens is 1. The number of anilines is 2. The zero-order valence-electron chi connectivity index (χ0n) is 13.8. The van der Waals surface area contributed by atoms with Crippen LogP contribution < -0.4 is 5.32 Å². The van der Waals surface area contributed by atoms with Crippen molar-refractivity contribution in [2.24, 2.45) is 0 Å². The highest BCUT2D eigenvalue weighted by molar-refractivity contribution is 5.45. The summed E-state index contributed by atoms with van der Waals surface area (Å²) in [5, 5.41) is 3.11. The number of hydrogen-bond acceptors (Lipinski definition) is 7. The first-order valence-corrected chi connectivity index (χ1v) is 8.43. The predicted molar refractivity (Wildman–Crippen MR) is 93.2 cm³/mol. The average molecular weight is 336 g/mol. The van der Waals surface area contributed by atoms with E-state index in [1.807, 2.05) is 12.3 Å². The van der Waals surface area contributed by atoms with Gasteiger partial charge >= 0.3 is 0 Å². The maximum Gasteiger partial charge on any atom is 0.228 e. The first kappa shape index (κ1) is 15.6. The Hall–Kier alpha value is -2.87. The van der Waals surface area contributed by atoms with Crippen LogP contribution in [0.25, 0.3) is 0 Å². The fourth-order valence-corrected chi connectivity index (χ4v) is 3.18. The van der Waals surface area contributed by atoms with Crippen molar-refractivity contribution in [2.75, 3.05) is 18.4 Å². The Morgan fingerprint density at radius 1 is 1.16 bits per heavy atom. The van der Waals surface area contributed by atoms with Crippen LogP contribution in [0.15, 0.2) is 43.2 Å². The number of rotatable bonds is 5. The van der Waals surface area contributed by atoms with Gasteiger partial charge in [0.15, 0.2) is 5.82 Å². The number of hydrogen-bond donors (Lipinski definition) is 2. The summed E-state index contributed by atoms with van der Waals surface area (Å²) in [6.45, 7) is 2.91. The molecule has 1 fully saturated rings. The van der Waals surface area contributed by atoms with Crippen molar-refractivity contribution in [2.45, 2.75) is 25.3 Å². The standard InChI is InChI=1S/C17H20N8/c1-2-13(11-25(9-1)12-16-20-7-8-21-16)14-3-4-22-17(23-14)24-15-10-18-5-6-19-15/h3-8,10,13H,1-2,9,11-12H2,(H,20,21)(H,19,22,23,24)/t13-/m1/s1. The molecule has 25 heavy (non-hydrogen) atoms. The Kier molecular flexibility index (Phi) is 4.60. The molecule has 8 heteroatoms. The normalized spacial score (nSPS) is 18.2. The van der Waals surface area contributed by atoms with Gasteiger partial charge in [0.05, 0.1) is 18.4 Å². The minimum absolute atomic E-state index is 0.397. The lowest BCUT2D eigenvalue weighted by Gasteiger charge is -2.31. The SMILES string of the molecule is c1cnc(Nc2nccc([C@@H]3CCCN(Cc4ncc[nH]4)C3)n2)cn1. The minimum Gasteiger partial charge on any atom is -0.348 e. The number of nitrogens with one attached hydrogen (secondary N) is 2. The maximum atomic E-state index is 4.68. The molecule has 4 rings (SSSR count). The minimum atomic E-state index is 0.397. The Morgan fingerprint density at radius 3 is 3.00 bits per heavy atom. The number of aromatic nitrogens is 6. The van der Waals surface area contributed by atoms with Crippen LogP contribution in [0.1, 0.15) is 30.3 Å². The second-order valence-electron chi connectivity index (χ2n) is 6.13. The Morgan fingerprint density at radius 2 is 2.16 bits per heavy atom. The molecule has 0 radical (unpaired) electrons. The van der Waals surface area contributed by atoms with Crippen molar-refractivity contribution >= 4 is 11.8 Å². The molecule has 0 aromatic carbocycles. The summed E-state index contributed by atoms with van der Waals surface area (Å²) in [4.78, 5) is 27.1. The lowest BCUT2D eigenvalue weighted by molar-refractivity contribution is 0.194. The van der Waals surface area contributed by atoms with Gasteiger partial charge in [-0.05, 0) is 25.5 Å². The van der Waals surface area contributed by atoms with Crippen LogP contribution >= 0.6 is 0 Å². The zero-order chi connectivity index (χ0) is 16.9. The smallest absolute Gasteiger partial charge is 0.228 e. The van der Waals surface area contributed by atoms with E-state index >= 15 is 0 Å². The molecule has 4 heterocycles. The quantitative estimate of drug-likeness (QED) is 0.736. The molecule has 1 atom stereocenters. The van der Waals surface area contributed by atoms with Gasteiger partial charge in [-0.25, -0.2) is 19.9 Å². The fraction of sp³-hybridized carbons (Fsp3) is 0.353. The van der Waals surface area contributed by atoms with Crippen molar-refractivity contribution in [3.05, 3.63) is 54.8 Å². The van der Waals surface area contributed by atoms with E-state index in [4.69, 9.17) is 0 Å². The first-order chi connectivity index (χ1) is 12.4. The van der Waals surface area contributed by atoms with E-state index in [1.165, 1.54) is 0 Å². The molecule has 0 bridgehead atoms. The van der Waals surface area contributed by atoms with E-state index < -0.39 is 0 Å². The Bertz CT molecular complexity index is 789. The van der Waals surface area contributed by atoms with Crippen LogP contribution in [0.4, 0.5) is 11.8 Å². The van der Waals surface area contributed by atoms with Crippen molar-refractivity contribution < 1.29 is 0 Å². The van der Waals surface area contributed by atoms with E-state index in [0.29, 0.717) is 17.7 Å². The van der Waals surface area contributed by atoms with E-state index in [-0.39, 0.29) is 0 Å². The highest BCUT2D eigenvalue weighted by Crippen LogP contribution is 2.26. The van der Waals surface area contributed by atoms with Gasteiger partial charge in [-0.15, -0.1) is 0 Å². The molecule has 0 spiro atoms. The van der Waals surface area contributed by atoms with Crippen molar-refractivity contribution in [1.29, 1.82) is 0 Å². The summed E-state index contributed by atoms with van der Waals surface area (Å²) >= 11 is 0. The van der Waals surface area contributed by atoms with Gasteiger partial charge in [0.2, 0.25) is 5.95 Å². The van der Waals surface area contributed by atoms with Gasteiger partial charge in [0.1, 0.15) is 5.82 Å². The lowest BCUT2D eigenvalue weighted by atomic mass is 9.94. The fourth-order valence-electron chi connectivity index (χ4n) is 3.18. The molecule has 0 saturated carbocycles. The molecule has 0 aliphatic carbocycles. The summed E-state index contributed by atoms with van der Waals surface area (Å²) in [5.41, 5.74) is 1.06. The second-order valence-corrected chi connectivity index (χ2v) is 6.13. The highest BCUT2D eigenvalue weighted by atomic mass is 15.2. The number of piperidine rings is 1. The van der Waals surface area contributed by atoms with Crippen LogP contribution in [0.5, 0.6) is 0 Å². The summed E-state index contributed by atoms with van der Waals surface area (Å²) < 4.78 is 0. The number of aromatic amines is 1. The van der Waals surface area contributed by atoms with Gasteiger partial charge in [0.25, 0.3) is 0 Å². The van der Waals surface area contributed by atoms with Gasteiger partial charge in [-0.1, -0.05) is 0 Å². The molecule has 1 aliphatic heterocycles. The summed E-state index contributed by atoms with van der Waals surface area (Å²) in [6, 6.07) is 2.00. The molecule has 0 amide bonds. The molecule has 128 valence electrons. The largest absolute Gasteiger partial charge is 0.348 e. The van der Waals surface area contributed by atoms with Crippen molar-refractivity contribution in [1.82, 2.24) is 34.8 Å². The molecular formula is C17H20N8. The second kappa shape index (κ2) is 7.35. The van der Waals surface area contributed by atoms with E-state index in [9.17, 15) is 0 Å². The molecular weight excluding hydrogens is 316 g/mol. The molecule has 1 aliphatic rings. The third-order valence-electron chi connectivity index (χ3n) is 4.33.